The molecule has 29 heavy (non-hydrogen) atoms. The fraction of sp³-hybridized carbons (Fsp3) is 0.263. The van der Waals surface area contributed by atoms with Gasteiger partial charge < -0.3 is 19.5 Å². The van der Waals surface area contributed by atoms with Crippen molar-refractivity contribution in [2.45, 2.75) is 19.6 Å². The Bertz CT molecular complexity index is 891. The molecule has 2 aromatic rings. The fourth-order valence-corrected chi connectivity index (χ4v) is 2.42. The van der Waals surface area contributed by atoms with E-state index in [0.29, 0.717) is 6.07 Å². The lowest BCUT2D eigenvalue weighted by Crippen LogP contribution is -2.31. The first-order chi connectivity index (χ1) is 13.7. The van der Waals surface area contributed by atoms with Gasteiger partial charge in [0, 0.05) is 11.6 Å². The molecule has 0 spiro atoms. The lowest BCUT2D eigenvalue weighted by molar-refractivity contribution is -0.124. The van der Waals surface area contributed by atoms with Crippen molar-refractivity contribution in [3.8, 4) is 11.5 Å². The number of carbonyl (C=O) groups is 2. The molecule has 156 valence electrons. The summed E-state index contributed by atoms with van der Waals surface area (Å²) < 4.78 is 65.3. The predicted octanol–water partition coefficient (Wildman–Crippen LogP) is 3.61. The van der Waals surface area contributed by atoms with Crippen LogP contribution in [0.1, 0.15) is 28.9 Å². The van der Waals surface area contributed by atoms with Crippen LogP contribution in [0.25, 0.3) is 0 Å². The molecule has 0 aliphatic rings. The molecule has 6 nitrogen and oxygen atoms in total. The van der Waals surface area contributed by atoms with Gasteiger partial charge >= 0.3 is 12.6 Å². The number of carbonyl (C=O) groups excluding carboxylic acids is 2. The second kappa shape index (κ2) is 9.76. The summed E-state index contributed by atoms with van der Waals surface area (Å²) in [5.41, 5.74) is -0.000624. The first-order valence-corrected chi connectivity index (χ1v) is 8.25. The van der Waals surface area contributed by atoms with Crippen molar-refractivity contribution in [3.63, 3.8) is 0 Å². The number of esters is 1. The first-order valence-electron chi connectivity index (χ1n) is 8.25. The van der Waals surface area contributed by atoms with Crippen LogP contribution >= 0.6 is 0 Å². The topological polar surface area (TPSA) is 73.9 Å². The highest BCUT2D eigenvalue weighted by Crippen LogP contribution is 2.29. The summed E-state index contributed by atoms with van der Waals surface area (Å²) in [6.07, 6.45) is 0. The quantitative estimate of drug-likeness (QED) is 0.527. The molecule has 0 aromatic heterocycles. The SMILES string of the molecule is COc1cc(C(=O)OCC(=O)N[C@@H](C)c2ccc(F)cc2F)ccc1OC(F)F. The van der Waals surface area contributed by atoms with Crippen molar-refractivity contribution in [1.82, 2.24) is 5.32 Å². The number of methoxy groups -OCH3 is 1. The number of amides is 1. The molecule has 0 aliphatic carbocycles. The van der Waals surface area contributed by atoms with Crippen molar-refractivity contribution in [1.29, 1.82) is 0 Å². The highest BCUT2D eigenvalue weighted by Gasteiger charge is 2.18. The Morgan fingerprint density at radius 2 is 1.79 bits per heavy atom. The van der Waals surface area contributed by atoms with E-state index in [4.69, 9.17) is 9.47 Å². The van der Waals surface area contributed by atoms with Gasteiger partial charge in [-0.2, -0.15) is 8.78 Å². The minimum absolute atomic E-state index is 0.0606. The van der Waals surface area contributed by atoms with Gasteiger partial charge in [0.05, 0.1) is 18.7 Å². The molecule has 2 aromatic carbocycles. The summed E-state index contributed by atoms with van der Waals surface area (Å²) in [6, 6.07) is 5.51. The van der Waals surface area contributed by atoms with E-state index in [9.17, 15) is 27.2 Å². The first kappa shape index (κ1) is 22.0. The zero-order valence-electron chi connectivity index (χ0n) is 15.4. The smallest absolute Gasteiger partial charge is 0.387 e. The average Bonchev–Trinajstić information content (AvgIpc) is 2.65. The Morgan fingerprint density at radius 1 is 1.07 bits per heavy atom. The number of alkyl halides is 2. The van der Waals surface area contributed by atoms with Gasteiger partial charge in [0.25, 0.3) is 5.91 Å². The fourth-order valence-electron chi connectivity index (χ4n) is 2.42. The zero-order valence-corrected chi connectivity index (χ0v) is 15.4. The molecular formula is C19H17F4NO5. The summed E-state index contributed by atoms with van der Waals surface area (Å²) in [5.74, 6) is -3.61. The van der Waals surface area contributed by atoms with Crippen LogP contribution < -0.4 is 14.8 Å². The largest absolute Gasteiger partial charge is 0.493 e. The Labute approximate surface area is 163 Å². The average molecular weight is 415 g/mol. The number of benzene rings is 2. The van der Waals surface area contributed by atoms with Gasteiger partial charge in [0.2, 0.25) is 0 Å². The van der Waals surface area contributed by atoms with Crippen molar-refractivity contribution in [2.75, 3.05) is 13.7 Å². The number of hydrogen-bond acceptors (Lipinski definition) is 5. The summed E-state index contributed by atoms with van der Waals surface area (Å²) in [7, 11) is 1.20. The van der Waals surface area contributed by atoms with Crippen LogP contribution in [0.5, 0.6) is 11.5 Å². The molecule has 0 radical (unpaired) electrons. The standard InChI is InChI=1S/C19H17F4NO5/c1-10(13-5-4-12(20)8-14(13)21)24-17(25)9-28-18(26)11-3-6-15(29-19(22)23)16(7-11)27-2/h3-8,10,19H,9H2,1-2H3,(H,24,25)/t10-/m0/s1. The molecule has 0 saturated heterocycles. The molecule has 1 atom stereocenters. The lowest BCUT2D eigenvalue weighted by atomic mass is 10.1. The van der Waals surface area contributed by atoms with Crippen LogP contribution in [0.4, 0.5) is 17.6 Å². The van der Waals surface area contributed by atoms with Gasteiger partial charge in [-0.25, -0.2) is 13.6 Å². The maximum atomic E-state index is 13.7. The van der Waals surface area contributed by atoms with E-state index in [0.717, 1.165) is 24.3 Å². The Morgan fingerprint density at radius 3 is 2.41 bits per heavy atom. The van der Waals surface area contributed by atoms with Crippen LogP contribution in [-0.2, 0) is 9.53 Å². The number of rotatable bonds is 8. The molecule has 0 heterocycles. The molecule has 0 unspecified atom stereocenters. The van der Waals surface area contributed by atoms with E-state index < -0.39 is 42.8 Å². The number of halogens is 4. The highest BCUT2D eigenvalue weighted by atomic mass is 19.3. The van der Waals surface area contributed by atoms with Crippen molar-refractivity contribution in [3.05, 3.63) is 59.2 Å². The highest BCUT2D eigenvalue weighted by molar-refractivity contribution is 5.92. The molecule has 10 heteroatoms. The maximum absolute atomic E-state index is 13.7. The summed E-state index contributed by atoms with van der Waals surface area (Å²) in [5, 5.41) is 2.41. The van der Waals surface area contributed by atoms with Crippen LogP contribution in [0.3, 0.4) is 0 Å². The number of hydrogen-bond donors (Lipinski definition) is 1. The van der Waals surface area contributed by atoms with E-state index in [1.54, 1.807) is 0 Å². The number of ether oxygens (including phenoxy) is 3. The van der Waals surface area contributed by atoms with E-state index in [-0.39, 0.29) is 22.6 Å². The normalized spacial score (nSPS) is 11.7. The molecule has 0 saturated carbocycles. The van der Waals surface area contributed by atoms with Gasteiger partial charge in [0.1, 0.15) is 11.6 Å². The summed E-state index contributed by atoms with van der Waals surface area (Å²) >= 11 is 0. The van der Waals surface area contributed by atoms with Crippen LogP contribution in [-0.4, -0.2) is 32.2 Å². The second-order valence-electron chi connectivity index (χ2n) is 5.78. The van der Waals surface area contributed by atoms with Gasteiger partial charge in [-0.15, -0.1) is 0 Å². The molecule has 0 fully saturated rings. The van der Waals surface area contributed by atoms with Crippen LogP contribution in [0.2, 0.25) is 0 Å². The third-order valence-electron chi connectivity index (χ3n) is 3.76. The minimum atomic E-state index is -3.07. The van der Waals surface area contributed by atoms with Crippen LogP contribution in [0, 0.1) is 11.6 Å². The van der Waals surface area contributed by atoms with Gasteiger partial charge in [-0.05, 0) is 31.2 Å². The minimum Gasteiger partial charge on any atom is -0.493 e. The summed E-state index contributed by atoms with van der Waals surface area (Å²) in [4.78, 5) is 24.0. The summed E-state index contributed by atoms with van der Waals surface area (Å²) in [6.45, 7) is -2.27. The van der Waals surface area contributed by atoms with Crippen molar-refractivity contribution >= 4 is 11.9 Å². The molecule has 1 amide bonds. The molecule has 0 aliphatic heterocycles. The van der Waals surface area contributed by atoms with Crippen LogP contribution in [0.15, 0.2) is 36.4 Å². The molecular weight excluding hydrogens is 398 g/mol. The maximum Gasteiger partial charge on any atom is 0.387 e. The molecule has 0 bridgehead atoms. The Balaban J connectivity index is 1.95. The van der Waals surface area contributed by atoms with Crippen molar-refractivity contribution < 1.29 is 41.4 Å². The lowest BCUT2D eigenvalue weighted by Gasteiger charge is -2.15. The predicted molar refractivity (Wildman–Crippen MR) is 92.8 cm³/mol. The Kier molecular flexibility index (Phi) is 7.40. The number of nitrogens with one attached hydrogen (secondary N) is 1. The molecule has 2 rings (SSSR count). The van der Waals surface area contributed by atoms with Gasteiger partial charge in [0.15, 0.2) is 18.1 Å². The Hall–Kier alpha value is -3.30. The monoisotopic (exact) mass is 415 g/mol. The molecule has 1 N–H and O–H groups in total. The van der Waals surface area contributed by atoms with E-state index >= 15 is 0 Å². The zero-order chi connectivity index (χ0) is 21.6. The second-order valence-corrected chi connectivity index (χ2v) is 5.78. The van der Waals surface area contributed by atoms with E-state index in [2.05, 4.69) is 10.1 Å². The van der Waals surface area contributed by atoms with E-state index in [1.165, 1.54) is 20.1 Å². The van der Waals surface area contributed by atoms with Gasteiger partial charge in [-0.3, -0.25) is 4.79 Å². The van der Waals surface area contributed by atoms with Gasteiger partial charge in [-0.1, -0.05) is 6.07 Å². The van der Waals surface area contributed by atoms with Crippen molar-refractivity contribution in [2.24, 2.45) is 0 Å². The third-order valence-corrected chi connectivity index (χ3v) is 3.76. The van der Waals surface area contributed by atoms with E-state index in [1.807, 2.05) is 0 Å². The third kappa shape index (κ3) is 6.09.